The van der Waals surface area contributed by atoms with E-state index in [9.17, 15) is 14.4 Å². The average molecular weight is 422 g/mol. The Balaban J connectivity index is 1.19. The van der Waals surface area contributed by atoms with Crippen LogP contribution in [0.15, 0.2) is 54.7 Å². The molecule has 0 unspecified atom stereocenters. The average Bonchev–Trinajstić information content (AvgIpc) is 3.22. The third-order valence-electron chi connectivity index (χ3n) is 5.81. The zero-order chi connectivity index (χ0) is 21.6. The van der Waals surface area contributed by atoms with E-state index in [0.29, 0.717) is 19.6 Å². The lowest BCUT2D eigenvalue weighted by molar-refractivity contribution is -0.131. The van der Waals surface area contributed by atoms with Crippen molar-refractivity contribution in [3.8, 4) is 0 Å². The summed E-state index contributed by atoms with van der Waals surface area (Å²) < 4.78 is 0. The van der Waals surface area contributed by atoms with Crippen LogP contribution in [0.4, 0.5) is 11.5 Å². The van der Waals surface area contributed by atoms with Gasteiger partial charge in [0.1, 0.15) is 5.82 Å². The molecule has 2 saturated heterocycles. The second-order valence-corrected chi connectivity index (χ2v) is 7.84. The van der Waals surface area contributed by atoms with E-state index in [-0.39, 0.29) is 43.0 Å². The van der Waals surface area contributed by atoms with Crippen molar-refractivity contribution in [3.05, 3.63) is 54.7 Å². The number of carbonyl (C=O) groups is 3. The fraction of sp³-hybridized carbons (Fsp3) is 0.391. The first-order valence-corrected chi connectivity index (χ1v) is 10.7. The van der Waals surface area contributed by atoms with Gasteiger partial charge in [0.05, 0.1) is 5.92 Å². The maximum absolute atomic E-state index is 12.5. The van der Waals surface area contributed by atoms with Crippen LogP contribution in [0.1, 0.15) is 12.8 Å². The molecule has 0 bridgehead atoms. The Bertz CT molecular complexity index is 913. The standard InChI is InChI=1S/C23H27N5O3/c29-21(27-14-12-26(13-15-27)20-8-4-5-10-24-20)9-11-25-23(31)18-16-22(30)28(17-18)19-6-2-1-3-7-19/h1-8,10,18H,9,11-17H2,(H,25,31)/t18-/m1/s1. The minimum Gasteiger partial charge on any atom is -0.355 e. The van der Waals surface area contributed by atoms with E-state index in [1.54, 1.807) is 11.1 Å². The van der Waals surface area contributed by atoms with Gasteiger partial charge in [0.25, 0.3) is 0 Å². The molecule has 2 aliphatic heterocycles. The first-order chi connectivity index (χ1) is 15.1. The van der Waals surface area contributed by atoms with Crippen LogP contribution in [-0.4, -0.2) is 66.9 Å². The van der Waals surface area contributed by atoms with Crippen LogP contribution in [0.2, 0.25) is 0 Å². The Morgan fingerprint density at radius 3 is 2.45 bits per heavy atom. The SMILES string of the molecule is O=C(NCCC(=O)N1CCN(c2ccccn2)CC1)[C@@H]1CC(=O)N(c2ccccc2)C1. The van der Waals surface area contributed by atoms with Crippen LogP contribution >= 0.6 is 0 Å². The summed E-state index contributed by atoms with van der Waals surface area (Å²) >= 11 is 0. The predicted octanol–water partition coefficient (Wildman–Crippen LogP) is 1.29. The normalized spacial score (nSPS) is 18.9. The molecule has 2 aromatic rings. The lowest BCUT2D eigenvalue weighted by Crippen LogP contribution is -2.49. The molecule has 1 atom stereocenters. The van der Waals surface area contributed by atoms with Gasteiger partial charge in [0.15, 0.2) is 0 Å². The van der Waals surface area contributed by atoms with Crippen molar-refractivity contribution in [2.24, 2.45) is 5.92 Å². The number of para-hydroxylation sites is 1. The maximum Gasteiger partial charge on any atom is 0.227 e. The van der Waals surface area contributed by atoms with E-state index in [1.165, 1.54) is 0 Å². The van der Waals surface area contributed by atoms with Crippen LogP contribution in [-0.2, 0) is 14.4 Å². The first-order valence-electron chi connectivity index (χ1n) is 10.7. The fourth-order valence-electron chi connectivity index (χ4n) is 4.06. The lowest BCUT2D eigenvalue weighted by Gasteiger charge is -2.35. The Kier molecular flexibility index (Phi) is 6.45. The lowest BCUT2D eigenvalue weighted by atomic mass is 10.1. The highest BCUT2D eigenvalue weighted by molar-refractivity contribution is 6.00. The van der Waals surface area contributed by atoms with Gasteiger partial charge in [0.2, 0.25) is 17.7 Å². The van der Waals surface area contributed by atoms with Gasteiger partial charge in [-0.2, -0.15) is 0 Å². The molecule has 31 heavy (non-hydrogen) atoms. The summed E-state index contributed by atoms with van der Waals surface area (Å²) in [5.74, 6) is 0.365. The molecule has 0 spiro atoms. The van der Waals surface area contributed by atoms with Crippen LogP contribution in [0.3, 0.4) is 0 Å². The molecular formula is C23H27N5O3. The van der Waals surface area contributed by atoms with Crippen molar-refractivity contribution >= 4 is 29.2 Å². The van der Waals surface area contributed by atoms with Gasteiger partial charge < -0.3 is 20.0 Å². The smallest absolute Gasteiger partial charge is 0.227 e. The van der Waals surface area contributed by atoms with Gasteiger partial charge >= 0.3 is 0 Å². The Labute approximate surface area is 181 Å². The molecule has 8 heteroatoms. The van der Waals surface area contributed by atoms with E-state index >= 15 is 0 Å². The number of nitrogens with zero attached hydrogens (tertiary/aromatic N) is 4. The molecule has 2 fully saturated rings. The molecule has 1 aromatic carbocycles. The topological polar surface area (TPSA) is 85.9 Å². The molecule has 162 valence electrons. The summed E-state index contributed by atoms with van der Waals surface area (Å²) in [7, 11) is 0. The van der Waals surface area contributed by atoms with Gasteiger partial charge in [-0.25, -0.2) is 4.98 Å². The van der Waals surface area contributed by atoms with E-state index in [0.717, 1.165) is 24.6 Å². The van der Waals surface area contributed by atoms with Crippen LogP contribution in [0.25, 0.3) is 0 Å². The number of pyridine rings is 1. The number of anilines is 2. The quantitative estimate of drug-likeness (QED) is 0.760. The minimum atomic E-state index is -0.385. The number of amides is 3. The molecule has 8 nitrogen and oxygen atoms in total. The van der Waals surface area contributed by atoms with Crippen LogP contribution in [0, 0.1) is 5.92 Å². The minimum absolute atomic E-state index is 0.0365. The summed E-state index contributed by atoms with van der Waals surface area (Å²) in [5, 5.41) is 2.84. The van der Waals surface area contributed by atoms with Crippen LogP contribution < -0.4 is 15.1 Å². The molecular weight excluding hydrogens is 394 g/mol. The van der Waals surface area contributed by atoms with Crippen molar-refractivity contribution in [1.82, 2.24) is 15.2 Å². The van der Waals surface area contributed by atoms with E-state index in [1.807, 2.05) is 53.4 Å². The van der Waals surface area contributed by atoms with Crippen molar-refractivity contribution < 1.29 is 14.4 Å². The number of benzene rings is 1. The Morgan fingerprint density at radius 1 is 1.00 bits per heavy atom. The molecule has 0 saturated carbocycles. The van der Waals surface area contributed by atoms with Crippen LogP contribution in [0.5, 0.6) is 0 Å². The van der Waals surface area contributed by atoms with Gasteiger partial charge in [-0.3, -0.25) is 14.4 Å². The number of nitrogens with one attached hydrogen (secondary N) is 1. The Hall–Kier alpha value is -3.42. The summed E-state index contributed by atoms with van der Waals surface area (Å²) in [6.07, 6.45) is 2.23. The highest BCUT2D eigenvalue weighted by Gasteiger charge is 2.35. The van der Waals surface area contributed by atoms with Gasteiger partial charge in [0, 0.05) is 64.0 Å². The number of aromatic nitrogens is 1. The molecule has 2 aliphatic rings. The zero-order valence-corrected chi connectivity index (χ0v) is 17.4. The molecule has 0 radical (unpaired) electrons. The first kappa shape index (κ1) is 20.8. The van der Waals surface area contributed by atoms with Crippen molar-refractivity contribution in [2.45, 2.75) is 12.8 Å². The largest absolute Gasteiger partial charge is 0.355 e. The highest BCUT2D eigenvalue weighted by atomic mass is 16.2. The third kappa shape index (κ3) is 5.02. The molecule has 3 heterocycles. The van der Waals surface area contributed by atoms with E-state index in [4.69, 9.17) is 0 Å². The fourth-order valence-corrected chi connectivity index (χ4v) is 4.06. The van der Waals surface area contributed by atoms with Gasteiger partial charge in [-0.05, 0) is 24.3 Å². The second kappa shape index (κ2) is 9.59. The number of hydrogen-bond donors (Lipinski definition) is 1. The van der Waals surface area contributed by atoms with Gasteiger partial charge in [-0.15, -0.1) is 0 Å². The number of hydrogen-bond acceptors (Lipinski definition) is 5. The second-order valence-electron chi connectivity index (χ2n) is 7.84. The predicted molar refractivity (Wildman–Crippen MR) is 118 cm³/mol. The maximum atomic E-state index is 12.5. The summed E-state index contributed by atoms with van der Waals surface area (Å²) in [6, 6.07) is 15.2. The molecule has 4 rings (SSSR count). The highest BCUT2D eigenvalue weighted by Crippen LogP contribution is 2.24. The van der Waals surface area contributed by atoms with Crippen molar-refractivity contribution in [3.63, 3.8) is 0 Å². The zero-order valence-electron chi connectivity index (χ0n) is 17.4. The molecule has 3 amide bonds. The molecule has 1 N–H and O–H groups in total. The van der Waals surface area contributed by atoms with Crippen molar-refractivity contribution in [2.75, 3.05) is 49.1 Å². The summed E-state index contributed by atoms with van der Waals surface area (Å²) in [4.78, 5) is 47.3. The summed E-state index contributed by atoms with van der Waals surface area (Å²) in [5.41, 5.74) is 0.808. The number of piperazine rings is 1. The number of rotatable bonds is 6. The Morgan fingerprint density at radius 2 is 1.74 bits per heavy atom. The van der Waals surface area contributed by atoms with E-state index < -0.39 is 0 Å². The summed E-state index contributed by atoms with van der Waals surface area (Å²) in [6.45, 7) is 3.44. The number of carbonyl (C=O) groups excluding carboxylic acids is 3. The monoisotopic (exact) mass is 421 g/mol. The van der Waals surface area contributed by atoms with Crippen molar-refractivity contribution in [1.29, 1.82) is 0 Å². The van der Waals surface area contributed by atoms with E-state index in [2.05, 4.69) is 15.2 Å². The molecule has 0 aliphatic carbocycles. The molecule has 1 aromatic heterocycles. The van der Waals surface area contributed by atoms with Gasteiger partial charge in [-0.1, -0.05) is 24.3 Å². The third-order valence-corrected chi connectivity index (χ3v) is 5.81.